The molecule has 0 radical (unpaired) electrons. The van der Waals surface area contributed by atoms with Gasteiger partial charge in [0.15, 0.2) is 6.10 Å². The number of esters is 3. The quantitative estimate of drug-likeness (QED) is 0.0261. The molecule has 0 aliphatic rings. The van der Waals surface area contributed by atoms with Crippen molar-refractivity contribution >= 4 is 17.9 Å². The van der Waals surface area contributed by atoms with E-state index in [0.717, 1.165) is 57.8 Å². The van der Waals surface area contributed by atoms with Crippen LogP contribution in [0.2, 0.25) is 0 Å². The van der Waals surface area contributed by atoms with Gasteiger partial charge >= 0.3 is 17.9 Å². The molecule has 0 bridgehead atoms. The van der Waals surface area contributed by atoms with Crippen molar-refractivity contribution in [3.8, 4) is 0 Å². The summed E-state index contributed by atoms with van der Waals surface area (Å²) in [6.07, 6.45) is 78.1. The molecule has 6 nitrogen and oxygen atoms in total. The van der Waals surface area contributed by atoms with Crippen molar-refractivity contribution in [2.75, 3.05) is 13.2 Å². The van der Waals surface area contributed by atoms with Gasteiger partial charge in [0, 0.05) is 19.3 Å². The van der Waals surface area contributed by atoms with Crippen molar-refractivity contribution in [2.24, 2.45) is 0 Å². The van der Waals surface area contributed by atoms with Gasteiger partial charge < -0.3 is 14.2 Å². The molecule has 0 aromatic rings. The minimum absolute atomic E-state index is 0.0639. The summed E-state index contributed by atoms with van der Waals surface area (Å²) in [5, 5.41) is 0. The van der Waals surface area contributed by atoms with E-state index >= 15 is 0 Å². The summed E-state index contributed by atoms with van der Waals surface area (Å²) >= 11 is 0. The fourth-order valence-corrected chi connectivity index (χ4v) is 10.8. The molecule has 0 amide bonds. The molecule has 0 spiro atoms. The third-order valence-electron chi connectivity index (χ3n) is 16.0. The van der Waals surface area contributed by atoms with E-state index in [2.05, 4.69) is 32.9 Å². The number of unbranched alkanes of at least 4 members (excludes halogenated alkanes) is 52. The van der Waals surface area contributed by atoms with E-state index in [1.807, 2.05) is 0 Å². The smallest absolute Gasteiger partial charge is 0.306 e. The number of ether oxygens (including phenoxy) is 3. The average Bonchev–Trinajstić information content (AvgIpc) is 3.42. The minimum Gasteiger partial charge on any atom is -0.462 e. The topological polar surface area (TPSA) is 78.9 Å². The van der Waals surface area contributed by atoms with Gasteiger partial charge in [-0.2, -0.15) is 0 Å². The second-order valence-corrected chi connectivity index (χ2v) is 23.8. The molecule has 0 N–H and O–H groups in total. The van der Waals surface area contributed by atoms with Crippen LogP contribution in [0.25, 0.3) is 0 Å². The van der Waals surface area contributed by atoms with E-state index in [-0.39, 0.29) is 31.1 Å². The normalized spacial score (nSPS) is 12.0. The molecule has 0 heterocycles. The molecule has 1 atom stereocenters. The lowest BCUT2D eigenvalue weighted by atomic mass is 10.0. The Kier molecular flexibility index (Phi) is 64.1. The molecule has 0 aliphatic carbocycles. The van der Waals surface area contributed by atoms with Crippen LogP contribution >= 0.6 is 0 Å². The maximum atomic E-state index is 12.9. The molecule has 76 heavy (non-hydrogen) atoms. The molecule has 0 fully saturated rings. The lowest BCUT2D eigenvalue weighted by Gasteiger charge is -2.18. The summed E-state index contributed by atoms with van der Waals surface area (Å²) < 4.78 is 17.0. The zero-order chi connectivity index (χ0) is 55.0. The number of carbonyl (C=O) groups excluding carboxylic acids is 3. The third-order valence-corrected chi connectivity index (χ3v) is 16.0. The fourth-order valence-electron chi connectivity index (χ4n) is 10.8. The average molecular weight is 1070 g/mol. The maximum Gasteiger partial charge on any atom is 0.306 e. The van der Waals surface area contributed by atoms with Crippen LogP contribution in [0.5, 0.6) is 0 Å². The number of hydrogen-bond acceptors (Lipinski definition) is 6. The van der Waals surface area contributed by atoms with Gasteiger partial charge in [-0.15, -0.1) is 0 Å². The van der Waals surface area contributed by atoms with Crippen LogP contribution in [0.15, 0.2) is 12.2 Å². The van der Waals surface area contributed by atoms with Crippen LogP contribution in [0.4, 0.5) is 0 Å². The molecule has 0 saturated carbocycles. The minimum atomic E-state index is -0.767. The molecule has 450 valence electrons. The van der Waals surface area contributed by atoms with Crippen LogP contribution in [0.1, 0.15) is 400 Å². The maximum absolute atomic E-state index is 12.9. The Hall–Kier alpha value is -1.85. The Balaban J connectivity index is 4.22. The Morgan fingerprint density at radius 2 is 0.434 bits per heavy atom. The number of rotatable bonds is 65. The first-order valence-electron chi connectivity index (χ1n) is 34.7. The zero-order valence-corrected chi connectivity index (χ0v) is 51.8. The molecular weight excluding hydrogens is 937 g/mol. The van der Waals surface area contributed by atoms with Crippen molar-refractivity contribution < 1.29 is 28.6 Å². The first-order valence-corrected chi connectivity index (χ1v) is 34.7. The summed E-state index contributed by atoms with van der Waals surface area (Å²) in [5.41, 5.74) is 0. The van der Waals surface area contributed by atoms with E-state index in [4.69, 9.17) is 14.2 Å². The van der Waals surface area contributed by atoms with Crippen molar-refractivity contribution in [1.82, 2.24) is 0 Å². The van der Waals surface area contributed by atoms with Gasteiger partial charge in [-0.05, 0) is 44.9 Å². The molecular formula is C70H134O6. The Morgan fingerprint density at radius 1 is 0.250 bits per heavy atom. The van der Waals surface area contributed by atoms with E-state index in [1.54, 1.807) is 0 Å². The van der Waals surface area contributed by atoms with Gasteiger partial charge in [0.1, 0.15) is 13.2 Å². The summed E-state index contributed by atoms with van der Waals surface area (Å²) in [7, 11) is 0. The summed E-state index contributed by atoms with van der Waals surface area (Å²) in [6, 6.07) is 0. The standard InChI is InChI=1S/C70H134O6/c1-4-7-10-13-16-19-22-25-28-30-32-33-34-35-36-37-39-40-42-45-48-51-54-57-60-63-69(72)75-66-67(65-74-68(71)62-59-56-53-50-47-44-27-24-21-18-15-12-9-6-3)76-70(73)64-61-58-55-52-49-46-43-41-38-31-29-26-23-20-17-14-11-8-5-2/h26,29,67H,4-25,27-28,30-66H2,1-3H3/b29-26-. The molecule has 6 heteroatoms. The van der Waals surface area contributed by atoms with E-state index in [1.165, 1.54) is 302 Å². The van der Waals surface area contributed by atoms with Crippen molar-refractivity contribution in [2.45, 2.75) is 406 Å². The summed E-state index contributed by atoms with van der Waals surface area (Å²) in [6.45, 7) is 6.72. The predicted molar refractivity (Wildman–Crippen MR) is 330 cm³/mol. The number of allylic oxidation sites excluding steroid dienone is 2. The lowest BCUT2D eigenvalue weighted by Crippen LogP contribution is -2.30. The van der Waals surface area contributed by atoms with E-state index < -0.39 is 6.10 Å². The third kappa shape index (κ3) is 63.0. The molecule has 0 aliphatic heterocycles. The molecule has 1 unspecified atom stereocenters. The van der Waals surface area contributed by atoms with Crippen LogP contribution < -0.4 is 0 Å². The molecule has 0 aromatic heterocycles. The molecule has 0 saturated heterocycles. The highest BCUT2D eigenvalue weighted by atomic mass is 16.6. The highest BCUT2D eigenvalue weighted by Crippen LogP contribution is 2.19. The van der Waals surface area contributed by atoms with Crippen LogP contribution in [-0.2, 0) is 28.6 Å². The van der Waals surface area contributed by atoms with Crippen molar-refractivity contribution in [3.05, 3.63) is 12.2 Å². The van der Waals surface area contributed by atoms with Crippen LogP contribution in [0, 0.1) is 0 Å². The largest absolute Gasteiger partial charge is 0.462 e. The van der Waals surface area contributed by atoms with Crippen LogP contribution in [-0.4, -0.2) is 37.2 Å². The highest BCUT2D eigenvalue weighted by molar-refractivity contribution is 5.71. The Bertz CT molecular complexity index is 1180. The Morgan fingerprint density at radius 3 is 0.658 bits per heavy atom. The van der Waals surface area contributed by atoms with E-state index in [0.29, 0.717) is 19.3 Å². The number of carbonyl (C=O) groups is 3. The first-order chi connectivity index (χ1) is 37.5. The highest BCUT2D eigenvalue weighted by Gasteiger charge is 2.19. The molecule has 0 aromatic carbocycles. The van der Waals surface area contributed by atoms with Crippen LogP contribution in [0.3, 0.4) is 0 Å². The zero-order valence-electron chi connectivity index (χ0n) is 51.8. The van der Waals surface area contributed by atoms with Gasteiger partial charge in [-0.3, -0.25) is 14.4 Å². The summed E-state index contributed by atoms with van der Waals surface area (Å²) in [4.78, 5) is 38.4. The number of hydrogen-bond donors (Lipinski definition) is 0. The summed E-state index contributed by atoms with van der Waals surface area (Å²) in [5.74, 6) is -0.831. The van der Waals surface area contributed by atoms with Crippen molar-refractivity contribution in [1.29, 1.82) is 0 Å². The second-order valence-electron chi connectivity index (χ2n) is 23.8. The van der Waals surface area contributed by atoms with Gasteiger partial charge in [0.05, 0.1) is 0 Å². The van der Waals surface area contributed by atoms with Gasteiger partial charge in [-0.25, -0.2) is 0 Å². The monoisotopic (exact) mass is 1070 g/mol. The second kappa shape index (κ2) is 65.7. The first kappa shape index (κ1) is 74.2. The van der Waals surface area contributed by atoms with Crippen molar-refractivity contribution in [3.63, 3.8) is 0 Å². The van der Waals surface area contributed by atoms with Gasteiger partial charge in [-0.1, -0.05) is 348 Å². The SMILES string of the molecule is CCCCCCCC/C=C\CCCCCCCCCCCC(=O)OC(COC(=O)CCCCCCCCCCCCCCCC)COC(=O)CCCCCCCCCCCCCCCCCCCCCCCCCCC. The van der Waals surface area contributed by atoms with Gasteiger partial charge in [0.2, 0.25) is 0 Å². The fraction of sp³-hybridized carbons (Fsp3) is 0.929. The predicted octanol–water partition coefficient (Wildman–Crippen LogP) is 23.6. The van der Waals surface area contributed by atoms with Gasteiger partial charge in [0.25, 0.3) is 0 Å². The van der Waals surface area contributed by atoms with E-state index in [9.17, 15) is 14.4 Å². The lowest BCUT2D eigenvalue weighted by molar-refractivity contribution is -0.167. The Labute approximate surface area is 475 Å². The molecule has 0 rings (SSSR count).